The highest BCUT2D eigenvalue weighted by molar-refractivity contribution is 7.98. The molecule has 0 bridgehead atoms. The Kier molecular flexibility index (Phi) is 4.62. The second kappa shape index (κ2) is 6.83. The van der Waals surface area contributed by atoms with Crippen LogP contribution in [-0.4, -0.2) is 35.5 Å². The third-order valence-corrected chi connectivity index (χ3v) is 4.19. The first-order valence-electron chi connectivity index (χ1n) is 7.35. The van der Waals surface area contributed by atoms with E-state index in [-0.39, 0.29) is 0 Å². The predicted octanol–water partition coefficient (Wildman–Crippen LogP) is 3.42. The van der Waals surface area contributed by atoms with Gasteiger partial charge in [-0.1, -0.05) is 18.2 Å². The van der Waals surface area contributed by atoms with Gasteiger partial charge >= 0.3 is 0 Å². The van der Waals surface area contributed by atoms with Crippen molar-refractivity contribution in [2.24, 2.45) is 0 Å². The van der Waals surface area contributed by atoms with Crippen LogP contribution in [0.2, 0.25) is 0 Å². The highest BCUT2D eigenvalue weighted by Crippen LogP contribution is 2.23. The van der Waals surface area contributed by atoms with Crippen LogP contribution in [0.4, 0.5) is 11.6 Å². The van der Waals surface area contributed by atoms with Gasteiger partial charge in [-0.25, -0.2) is 4.98 Å². The molecule has 0 spiro atoms. The SMILES string of the molecule is CSc1ccc(NCc2cc(N(C)C)nc3ccccc23)nn1. The molecule has 0 radical (unpaired) electrons. The highest BCUT2D eigenvalue weighted by Gasteiger charge is 2.07. The average Bonchev–Trinajstić information content (AvgIpc) is 2.59. The van der Waals surface area contributed by atoms with Gasteiger partial charge in [0.15, 0.2) is 0 Å². The summed E-state index contributed by atoms with van der Waals surface area (Å²) in [5, 5.41) is 13.8. The van der Waals surface area contributed by atoms with E-state index in [4.69, 9.17) is 0 Å². The fourth-order valence-electron chi connectivity index (χ4n) is 2.32. The molecule has 5 nitrogen and oxygen atoms in total. The molecule has 0 amide bonds. The molecule has 3 aromatic rings. The van der Waals surface area contributed by atoms with E-state index in [0.29, 0.717) is 6.54 Å². The van der Waals surface area contributed by atoms with E-state index in [0.717, 1.165) is 27.6 Å². The van der Waals surface area contributed by atoms with E-state index in [1.54, 1.807) is 11.8 Å². The first kappa shape index (κ1) is 15.6. The highest BCUT2D eigenvalue weighted by atomic mass is 32.2. The molecule has 0 aliphatic rings. The van der Waals surface area contributed by atoms with E-state index >= 15 is 0 Å². The zero-order chi connectivity index (χ0) is 16.2. The standard InChI is InChI=1S/C17H19N5S/c1-22(2)16-10-12(13-6-4-5-7-14(13)19-16)11-18-15-8-9-17(23-3)21-20-15/h4-10H,11H2,1-3H3,(H,18,20). The van der Waals surface area contributed by atoms with Gasteiger partial charge in [0, 0.05) is 26.0 Å². The molecule has 23 heavy (non-hydrogen) atoms. The van der Waals surface area contributed by atoms with Gasteiger partial charge in [-0.05, 0) is 36.1 Å². The van der Waals surface area contributed by atoms with Crippen LogP contribution >= 0.6 is 11.8 Å². The van der Waals surface area contributed by atoms with Crippen LogP contribution in [-0.2, 0) is 6.54 Å². The van der Waals surface area contributed by atoms with E-state index in [1.165, 1.54) is 5.56 Å². The third kappa shape index (κ3) is 3.53. The molecule has 118 valence electrons. The van der Waals surface area contributed by atoms with Gasteiger partial charge in [0.1, 0.15) is 16.7 Å². The lowest BCUT2D eigenvalue weighted by atomic mass is 10.1. The fraction of sp³-hybridized carbons (Fsp3) is 0.235. The van der Waals surface area contributed by atoms with Crippen molar-refractivity contribution in [3.05, 3.63) is 48.0 Å². The zero-order valence-electron chi connectivity index (χ0n) is 13.4. The number of hydrogen-bond donors (Lipinski definition) is 1. The fourth-order valence-corrected chi connectivity index (χ4v) is 2.64. The summed E-state index contributed by atoms with van der Waals surface area (Å²) in [5.74, 6) is 1.72. The van der Waals surface area contributed by atoms with Crippen LogP contribution in [0, 0.1) is 0 Å². The van der Waals surface area contributed by atoms with Crippen molar-refractivity contribution >= 4 is 34.3 Å². The normalized spacial score (nSPS) is 10.7. The van der Waals surface area contributed by atoms with Crippen molar-refractivity contribution in [2.45, 2.75) is 11.6 Å². The molecule has 2 aromatic heterocycles. The van der Waals surface area contributed by atoms with Gasteiger partial charge < -0.3 is 10.2 Å². The van der Waals surface area contributed by atoms with Crippen molar-refractivity contribution in [3.63, 3.8) is 0 Å². The van der Waals surface area contributed by atoms with Crippen LogP contribution in [0.25, 0.3) is 10.9 Å². The Balaban J connectivity index is 1.88. The molecule has 0 saturated carbocycles. The quantitative estimate of drug-likeness (QED) is 0.725. The molecule has 3 rings (SSSR count). The number of rotatable bonds is 5. The minimum absolute atomic E-state index is 0.678. The number of fused-ring (bicyclic) bond motifs is 1. The Bertz CT molecular complexity index is 802. The Morgan fingerprint density at radius 3 is 2.61 bits per heavy atom. The summed E-state index contributed by atoms with van der Waals surface area (Å²) in [7, 11) is 4.00. The number of para-hydroxylation sites is 1. The lowest BCUT2D eigenvalue weighted by Crippen LogP contribution is -2.12. The molecular weight excluding hydrogens is 306 g/mol. The average molecular weight is 325 g/mol. The summed E-state index contributed by atoms with van der Waals surface area (Å²) in [5.41, 5.74) is 2.19. The molecule has 0 aliphatic carbocycles. The molecule has 1 aromatic carbocycles. The van der Waals surface area contributed by atoms with Crippen molar-refractivity contribution in [1.29, 1.82) is 0 Å². The maximum atomic E-state index is 4.68. The summed E-state index contributed by atoms with van der Waals surface area (Å²) >= 11 is 1.58. The Morgan fingerprint density at radius 2 is 1.91 bits per heavy atom. The molecular formula is C17H19N5S. The van der Waals surface area contributed by atoms with E-state index in [9.17, 15) is 0 Å². The first-order chi connectivity index (χ1) is 11.2. The second-order valence-corrected chi connectivity index (χ2v) is 6.19. The second-order valence-electron chi connectivity index (χ2n) is 5.37. The summed E-state index contributed by atoms with van der Waals surface area (Å²) in [6.45, 7) is 0.678. The summed E-state index contributed by atoms with van der Waals surface area (Å²) < 4.78 is 0. The number of pyridine rings is 1. The molecule has 0 unspecified atom stereocenters. The van der Waals surface area contributed by atoms with Crippen LogP contribution in [0.5, 0.6) is 0 Å². The molecule has 0 aliphatic heterocycles. The largest absolute Gasteiger partial charge is 0.364 e. The number of benzene rings is 1. The number of nitrogens with zero attached hydrogens (tertiary/aromatic N) is 4. The Labute approximate surface area is 140 Å². The lowest BCUT2D eigenvalue weighted by molar-refractivity contribution is 0.921. The molecule has 0 saturated heterocycles. The maximum absolute atomic E-state index is 4.68. The van der Waals surface area contributed by atoms with E-state index < -0.39 is 0 Å². The summed E-state index contributed by atoms with van der Waals surface area (Å²) in [4.78, 5) is 6.70. The van der Waals surface area contributed by atoms with Crippen LogP contribution in [0.3, 0.4) is 0 Å². The first-order valence-corrected chi connectivity index (χ1v) is 8.57. The van der Waals surface area contributed by atoms with Crippen molar-refractivity contribution in [1.82, 2.24) is 15.2 Å². The summed E-state index contributed by atoms with van der Waals surface area (Å²) in [6.07, 6.45) is 1.99. The monoisotopic (exact) mass is 325 g/mol. The molecule has 6 heteroatoms. The number of hydrogen-bond acceptors (Lipinski definition) is 6. The molecule has 1 N–H and O–H groups in total. The summed E-state index contributed by atoms with van der Waals surface area (Å²) in [6, 6.07) is 14.2. The van der Waals surface area contributed by atoms with Crippen molar-refractivity contribution in [3.8, 4) is 0 Å². The minimum Gasteiger partial charge on any atom is -0.364 e. The van der Waals surface area contributed by atoms with Gasteiger partial charge in [0.05, 0.1) is 5.52 Å². The Morgan fingerprint density at radius 1 is 1.09 bits per heavy atom. The Hall–Kier alpha value is -2.34. The van der Waals surface area contributed by atoms with Crippen molar-refractivity contribution < 1.29 is 0 Å². The molecule has 0 atom stereocenters. The lowest BCUT2D eigenvalue weighted by Gasteiger charge is -2.15. The van der Waals surface area contributed by atoms with Gasteiger partial charge in [-0.3, -0.25) is 0 Å². The molecule has 2 heterocycles. The third-order valence-electron chi connectivity index (χ3n) is 3.56. The van der Waals surface area contributed by atoms with Crippen molar-refractivity contribution in [2.75, 3.05) is 30.6 Å². The number of anilines is 2. The maximum Gasteiger partial charge on any atom is 0.148 e. The minimum atomic E-state index is 0.678. The number of nitrogens with one attached hydrogen (secondary N) is 1. The van der Waals surface area contributed by atoms with Gasteiger partial charge in [-0.2, -0.15) is 0 Å². The smallest absolute Gasteiger partial charge is 0.148 e. The van der Waals surface area contributed by atoms with Crippen LogP contribution < -0.4 is 10.2 Å². The number of thioether (sulfide) groups is 1. The molecule has 0 fully saturated rings. The number of aromatic nitrogens is 3. The van der Waals surface area contributed by atoms with Gasteiger partial charge in [0.25, 0.3) is 0 Å². The van der Waals surface area contributed by atoms with Crippen LogP contribution in [0.1, 0.15) is 5.56 Å². The zero-order valence-corrected chi connectivity index (χ0v) is 14.3. The topological polar surface area (TPSA) is 53.9 Å². The van der Waals surface area contributed by atoms with E-state index in [2.05, 4.69) is 32.6 Å². The van der Waals surface area contributed by atoms with Gasteiger partial charge in [-0.15, -0.1) is 22.0 Å². The predicted molar refractivity (Wildman–Crippen MR) is 97.2 cm³/mol. The van der Waals surface area contributed by atoms with Gasteiger partial charge in [0.2, 0.25) is 0 Å². The van der Waals surface area contributed by atoms with Crippen LogP contribution in [0.15, 0.2) is 47.5 Å². The van der Waals surface area contributed by atoms with E-state index in [1.807, 2.05) is 55.6 Å².